The molecule has 4 nitrogen and oxygen atoms in total. The van der Waals surface area contributed by atoms with Gasteiger partial charge in [0.05, 0.1) is 5.52 Å². The number of piperidine rings is 1. The standard InChI is InChI=1S/C17H24N4/c1-20(2)15-7-5-9-21(12-15)11-14-10-13-6-3-4-8-16(13)19-17(14)18/h3-4,6,8,10,15H,5,7,9,11-12H2,1-2H3,(H2,18,19). The van der Waals surface area contributed by atoms with Crippen molar-refractivity contribution in [1.82, 2.24) is 14.8 Å². The molecule has 21 heavy (non-hydrogen) atoms. The molecule has 1 aliphatic rings. The summed E-state index contributed by atoms with van der Waals surface area (Å²) in [5.74, 6) is 0.667. The number of nitrogens with zero attached hydrogens (tertiary/aromatic N) is 3. The lowest BCUT2D eigenvalue weighted by Gasteiger charge is -2.36. The lowest BCUT2D eigenvalue weighted by molar-refractivity contribution is 0.128. The van der Waals surface area contributed by atoms with E-state index in [0.717, 1.165) is 30.7 Å². The number of hydrogen-bond acceptors (Lipinski definition) is 4. The van der Waals surface area contributed by atoms with Crippen molar-refractivity contribution in [2.75, 3.05) is 32.9 Å². The number of anilines is 1. The number of benzene rings is 1. The van der Waals surface area contributed by atoms with E-state index >= 15 is 0 Å². The van der Waals surface area contributed by atoms with Gasteiger partial charge in [-0.25, -0.2) is 4.98 Å². The summed E-state index contributed by atoms with van der Waals surface area (Å²) in [6.07, 6.45) is 2.54. The minimum absolute atomic E-state index is 0.647. The Hall–Kier alpha value is -1.65. The summed E-state index contributed by atoms with van der Waals surface area (Å²) in [7, 11) is 4.33. The SMILES string of the molecule is CN(C)C1CCCN(Cc2cc3ccccc3nc2N)C1. The molecule has 1 saturated heterocycles. The third kappa shape index (κ3) is 3.17. The number of aromatic nitrogens is 1. The molecule has 1 aliphatic heterocycles. The summed E-state index contributed by atoms with van der Waals surface area (Å²) < 4.78 is 0. The number of likely N-dealkylation sites (N-methyl/N-ethyl adjacent to an activating group) is 1. The molecule has 1 atom stereocenters. The van der Waals surface area contributed by atoms with Crippen molar-refractivity contribution in [2.45, 2.75) is 25.4 Å². The summed E-state index contributed by atoms with van der Waals surface area (Å²) in [5, 5.41) is 1.17. The zero-order valence-corrected chi connectivity index (χ0v) is 12.9. The largest absolute Gasteiger partial charge is 0.383 e. The Bertz CT molecular complexity index is 623. The summed E-state index contributed by atoms with van der Waals surface area (Å²) >= 11 is 0. The minimum Gasteiger partial charge on any atom is -0.383 e. The van der Waals surface area contributed by atoms with Gasteiger partial charge in [-0.15, -0.1) is 0 Å². The van der Waals surface area contributed by atoms with Crippen LogP contribution in [0.1, 0.15) is 18.4 Å². The van der Waals surface area contributed by atoms with E-state index < -0.39 is 0 Å². The molecule has 2 heterocycles. The number of nitrogen functional groups attached to an aromatic ring is 1. The van der Waals surface area contributed by atoms with Crippen LogP contribution in [0, 0.1) is 0 Å². The predicted octanol–water partition coefficient (Wildman–Crippen LogP) is 2.34. The maximum atomic E-state index is 6.15. The molecule has 112 valence electrons. The molecule has 0 aliphatic carbocycles. The predicted molar refractivity (Wildman–Crippen MR) is 88.1 cm³/mol. The fourth-order valence-corrected chi connectivity index (χ4v) is 3.14. The Labute approximate surface area is 126 Å². The summed E-state index contributed by atoms with van der Waals surface area (Å²) in [4.78, 5) is 9.36. The summed E-state index contributed by atoms with van der Waals surface area (Å²) in [5.41, 5.74) is 8.27. The number of hydrogen-bond donors (Lipinski definition) is 1. The topological polar surface area (TPSA) is 45.4 Å². The second kappa shape index (κ2) is 6.00. The highest BCUT2D eigenvalue weighted by Gasteiger charge is 2.22. The van der Waals surface area contributed by atoms with Gasteiger partial charge in [0.1, 0.15) is 5.82 Å². The van der Waals surface area contributed by atoms with Gasteiger partial charge in [0.15, 0.2) is 0 Å². The van der Waals surface area contributed by atoms with Crippen LogP contribution in [0.2, 0.25) is 0 Å². The van der Waals surface area contributed by atoms with E-state index in [9.17, 15) is 0 Å². The molecule has 4 heteroatoms. The number of fused-ring (bicyclic) bond motifs is 1. The third-order valence-corrected chi connectivity index (χ3v) is 4.44. The average molecular weight is 284 g/mol. The highest BCUT2D eigenvalue weighted by atomic mass is 15.2. The third-order valence-electron chi connectivity index (χ3n) is 4.44. The van der Waals surface area contributed by atoms with Crippen LogP contribution in [-0.2, 0) is 6.54 Å². The van der Waals surface area contributed by atoms with E-state index in [1.165, 1.54) is 18.2 Å². The second-order valence-electron chi connectivity index (χ2n) is 6.22. The average Bonchev–Trinajstić information content (AvgIpc) is 2.48. The van der Waals surface area contributed by atoms with Crippen molar-refractivity contribution in [3.63, 3.8) is 0 Å². The molecule has 0 spiro atoms. The molecule has 0 bridgehead atoms. The molecular weight excluding hydrogens is 260 g/mol. The molecule has 1 fully saturated rings. The molecule has 0 amide bonds. The summed E-state index contributed by atoms with van der Waals surface area (Å²) in [6.45, 7) is 3.16. The highest BCUT2D eigenvalue weighted by molar-refractivity contribution is 5.81. The Kier molecular flexibility index (Phi) is 4.08. The van der Waals surface area contributed by atoms with Gasteiger partial charge in [-0.2, -0.15) is 0 Å². The molecule has 2 aromatic rings. The Morgan fingerprint density at radius 3 is 2.95 bits per heavy atom. The van der Waals surface area contributed by atoms with Crippen molar-refractivity contribution in [3.8, 4) is 0 Å². The minimum atomic E-state index is 0.647. The summed E-state index contributed by atoms with van der Waals surface area (Å²) in [6, 6.07) is 11.0. The maximum Gasteiger partial charge on any atom is 0.128 e. The lowest BCUT2D eigenvalue weighted by atomic mass is 10.0. The fraction of sp³-hybridized carbons (Fsp3) is 0.471. The number of nitrogens with two attached hydrogens (primary N) is 1. The number of pyridine rings is 1. The van der Waals surface area contributed by atoms with Crippen LogP contribution >= 0.6 is 0 Å². The first-order valence-electron chi connectivity index (χ1n) is 7.66. The van der Waals surface area contributed by atoms with Crippen molar-refractivity contribution >= 4 is 16.7 Å². The first-order valence-corrected chi connectivity index (χ1v) is 7.66. The van der Waals surface area contributed by atoms with Crippen LogP contribution in [0.15, 0.2) is 30.3 Å². The van der Waals surface area contributed by atoms with Gasteiger partial charge >= 0.3 is 0 Å². The quantitative estimate of drug-likeness (QED) is 0.939. The molecule has 0 radical (unpaired) electrons. The smallest absolute Gasteiger partial charge is 0.128 e. The van der Waals surface area contributed by atoms with Crippen LogP contribution in [-0.4, -0.2) is 48.0 Å². The first kappa shape index (κ1) is 14.3. The Morgan fingerprint density at radius 1 is 1.33 bits per heavy atom. The van der Waals surface area contributed by atoms with Gasteiger partial charge in [-0.1, -0.05) is 18.2 Å². The monoisotopic (exact) mass is 284 g/mol. The van der Waals surface area contributed by atoms with Crippen LogP contribution in [0.25, 0.3) is 10.9 Å². The van der Waals surface area contributed by atoms with Crippen LogP contribution in [0.4, 0.5) is 5.82 Å². The van der Waals surface area contributed by atoms with Crippen molar-refractivity contribution in [2.24, 2.45) is 0 Å². The van der Waals surface area contributed by atoms with Gasteiger partial charge in [0, 0.05) is 30.1 Å². The number of para-hydroxylation sites is 1. The van der Waals surface area contributed by atoms with Gasteiger partial charge in [0.25, 0.3) is 0 Å². The molecule has 2 N–H and O–H groups in total. The van der Waals surface area contributed by atoms with Crippen molar-refractivity contribution < 1.29 is 0 Å². The molecular formula is C17H24N4. The van der Waals surface area contributed by atoms with E-state index in [0.29, 0.717) is 11.9 Å². The van der Waals surface area contributed by atoms with E-state index in [4.69, 9.17) is 5.73 Å². The number of rotatable bonds is 3. The van der Waals surface area contributed by atoms with E-state index in [2.05, 4.69) is 41.0 Å². The van der Waals surface area contributed by atoms with Gasteiger partial charge in [0.2, 0.25) is 0 Å². The fourth-order valence-electron chi connectivity index (χ4n) is 3.14. The second-order valence-corrected chi connectivity index (χ2v) is 6.22. The maximum absolute atomic E-state index is 6.15. The van der Waals surface area contributed by atoms with Crippen LogP contribution < -0.4 is 5.73 Å². The molecule has 1 aromatic carbocycles. The zero-order chi connectivity index (χ0) is 14.8. The van der Waals surface area contributed by atoms with Crippen molar-refractivity contribution in [1.29, 1.82) is 0 Å². The molecule has 3 rings (SSSR count). The van der Waals surface area contributed by atoms with Gasteiger partial charge < -0.3 is 10.6 Å². The molecule has 1 unspecified atom stereocenters. The van der Waals surface area contributed by atoms with E-state index in [-0.39, 0.29) is 0 Å². The molecule has 1 aromatic heterocycles. The van der Waals surface area contributed by atoms with Crippen molar-refractivity contribution in [3.05, 3.63) is 35.9 Å². The highest BCUT2D eigenvalue weighted by Crippen LogP contribution is 2.22. The lowest BCUT2D eigenvalue weighted by Crippen LogP contribution is -2.44. The van der Waals surface area contributed by atoms with E-state index in [1.807, 2.05) is 18.2 Å². The molecule has 0 saturated carbocycles. The first-order chi connectivity index (χ1) is 10.1. The zero-order valence-electron chi connectivity index (χ0n) is 12.9. The number of likely N-dealkylation sites (tertiary alicyclic amines) is 1. The Balaban J connectivity index is 1.79. The van der Waals surface area contributed by atoms with Crippen LogP contribution in [0.5, 0.6) is 0 Å². The normalized spacial score (nSPS) is 20.2. The Morgan fingerprint density at radius 2 is 2.14 bits per heavy atom. The van der Waals surface area contributed by atoms with Gasteiger partial charge in [-0.05, 0) is 45.6 Å². The van der Waals surface area contributed by atoms with E-state index in [1.54, 1.807) is 0 Å². The van der Waals surface area contributed by atoms with Crippen LogP contribution in [0.3, 0.4) is 0 Å². The van der Waals surface area contributed by atoms with Gasteiger partial charge in [-0.3, -0.25) is 4.90 Å².